The zero-order chi connectivity index (χ0) is 24.5. The zero-order valence-electron chi connectivity index (χ0n) is 18.6. The summed E-state index contributed by atoms with van der Waals surface area (Å²) in [4.78, 5) is 8.16. The molecule has 0 saturated heterocycles. The Hall–Kier alpha value is -2.91. The number of nitrogens with one attached hydrogen (secondary N) is 2. The Morgan fingerprint density at radius 3 is 2.79 bits per heavy atom. The fourth-order valence-electron chi connectivity index (χ4n) is 3.06. The first-order valence-corrected chi connectivity index (χ1v) is 11.3. The van der Waals surface area contributed by atoms with E-state index in [4.69, 9.17) is 33.2 Å². The highest BCUT2D eigenvalue weighted by molar-refractivity contribution is 9.10. The molecule has 0 bridgehead atoms. The highest BCUT2D eigenvalue weighted by atomic mass is 79.9. The van der Waals surface area contributed by atoms with Crippen LogP contribution in [0.2, 0.25) is 0 Å². The number of aromatic nitrogens is 1. The second-order valence-corrected chi connectivity index (χ2v) is 8.37. The van der Waals surface area contributed by atoms with Crippen LogP contribution in [0, 0.1) is 11.2 Å². The Morgan fingerprint density at radius 2 is 2.15 bits per heavy atom. The Morgan fingerprint density at radius 1 is 1.42 bits per heavy atom. The van der Waals surface area contributed by atoms with Gasteiger partial charge in [-0.1, -0.05) is 11.6 Å². The minimum absolute atomic E-state index is 0.112. The van der Waals surface area contributed by atoms with Crippen molar-refractivity contribution >= 4 is 50.4 Å². The molecule has 0 fully saturated rings. The van der Waals surface area contributed by atoms with Gasteiger partial charge >= 0.3 is 0 Å². The number of ether oxygens (including phenoxy) is 1. The van der Waals surface area contributed by atoms with Crippen molar-refractivity contribution < 1.29 is 9.13 Å². The Labute approximate surface area is 206 Å². The van der Waals surface area contributed by atoms with Crippen LogP contribution in [0.4, 0.5) is 10.2 Å². The number of benzene rings is 1. The highest BCUT2D eigenvalue weighted by Gasteiger charge is 2.19. The van der Waals surface area contributed by atoms with Crippen LogP contribution in [0.25, 0.3) is 5.70 Å². The lowest BCUT2D eigenvalue weighted by atomic mass is 9.95. The van der Waals surface area contributed by atoms with Crippen LogP contribution >= 0.6 is 27.5 Å². The average Bonchev–Trinajstić information content (AvgIpc) is 2.77. The van der Waals surface area contributed by atoms with Gasteiger partial charge in [-0.05, 0) is 59.6 Å². The van der Waals surface area contributed by atoms with Crippen LogP contribution in [0.5, 0.6) is 5.75 Å². The third-order valence-electron chi connectivity index (χ3n) is 4.67. The van der Waals surface area contributed by atoms with Gasteiger partial charge in [-0.2, -0.15) is 0 Å². The summed E-state index contributed by atoms with van der Waals surface area (Å²) < 4.78 is 20.9. The molecular formula is C23H27BrClFN6O. The molecule has 2 rings (SSSR count). The van der Waals surface area contributed by atoms with E-state index in [0.717, 1.165) is 0 Å². The number of aliphatic imine (C=N–C) groups is 1. The van der Waals surface area contributed by atoms with Crippen molar-refractivity contribution in [3.8, 4) is 5.75 Å². The lowest BCUT2D eigenvalue weighted by Crippen LogP contribution is -2.13. The van der Waals surface area contributed by atoms with E-state index in [9.17, 15) is 4.39 Å². The number of allylic oxidation sites excluding steroid dienone is 2. The summed E-state index contributed by atoms with van der Waals surface area (Å²) in [6.45, 7) is 4.38. The van der Waals surface area contributed by atoms with Gasteiger partial charge in [0.1, 0.15) is 17.1 Å². The first kappa shape index (κ1) is 26.3. The van der Waals surface area contributed by atoms with E-state index in [2.05, 4.69) is 31.2 Å². The minimum atomic E-state index is -0.601. The number of nitrogens with zero attached hydrogens (tertiary/aromatic N) is 2. The summed E-state index contributed by atoms with van der Waals surface area (Å²) in [6, 6.07) is 5.98. The lowest BCUT2D eigenvalue weighted by Gasteiger charge is -2.21. The topological polar surface area (TPSA) is 122 Å². The molecule has 0 aliphatic heterocycles. The van der Waals surface area contributed by atoms with Gasteiger partial charge in [-0.3, -0.25) is 10.4 Å². The first-order valence-electron chi connectivity index (χ1n) is 10.1. The van der Waals surface area contributed by atoms with E-state index in [1.807, 2.05) is 6.92 Å². The molecule has 0 aliphatic rings. The van der Waals surface area contributed by atoms with Crippen LogP contribution in [-0.4, -0.2) is 30.0 Å². The second-order valence-electron chi connectivity index (χ2n) is 7.07. The minimum Gasteiger partial charge on any atom is -0.482 e. The fourth-order valence-corrected chi connectivity index (χ4v) is 3.49. The van der Waals surface area contributed by atoms with Gasteiger partial charge in [0.15, 0.2) is 11.6 Å². The van der Waals surface area contributed by atoms with Gasteiger partial charge in [0.05, 0.1) is 0 Å². The van der Waals surface area contributed by atoms with Gasteiger partial charge < -0.3 is 21.5 Å². The molecular weight excluding hydrogens is 511 g/mol. The van der Waals surface area contributed by atoms with E-state index < -0.39 is 11.9 Å². The first-order chi connectivity index (χ1) is 15.7. The van der Waals surface area contributed by atoms with E-state index in [-0.39, 0.29) is 17.4 Å². The molecule has 10 heteroatoms. The molecule has 1 aromatic heterocycles. The van der Waals surface area contributed by atoms with Crippen molar-refractivity contribution in [2.45, 2.75) is 26.4 Å². The molecule has 6 N–H and O–H groups in total. The number of nitrogen functional groups attached to an aromatic ring is 1. The third-order valence-corrected chi connectivity index (χ3v) is 5.34. The Balaban J connectivity index is 2.53. The zero-order valence-corrected chi connectivity index (χ0v) is 21.0. The highest BCUT2D eigenvalue weighted by Crippen LogP contribution is 2.32. The van der Waals surface area contributed by atoms with Crippen LogP contribution in [-0.2, 0) is 0 Å². The summed E-state index contributed by atoms with van der Waals surface area (Å²) >= 11 is 9.31. The number of nitrogens with two attached hydrogens (primary N) is 2. The van der Waals surface area contributed by atoms with Crippen molar-refractivity contribution in [1.29, 1.82) is 5.41 Å². The summed E-state index contributed by atoms with van der Waals surface area (Å²) in [7, 11) is 1.62. The van der Waals surface area contributed by atoms with E-state index >= 15 is 0 Å². The van der Waals surface area contributed by atoms with E-state index in [0.29, 0.717) is 44.7 Å². The number of anilines is 1. The molecule has 0 unspecified atom stereocenters. The number of hydrogen-bond acceptors (Lipinski definition) is 7. The molecule has 1 atom stereocenters. The number of halogens is 3. The molecule has 33 heavy (non-hydrogen) atoms. The fraction of sp³-hybridized carbons (Fsp3) is 0.261. The molecule has 176 valence electrons. The molecule has 2 aromatic rings. The summed E-state index contributed by atoms with van der Waals surface area (Å²) in [5.74, 6) is 0.138. The van der Waals surface area contributed by atoms with Crippen LogP contribution in [0.1, 0.15) is 37.5 Å². The van der Waals surface area contributed by atoms with Gasteiger partial charge in [0.25, 0.3) is 0 Å². The van der Waals surface area contributed by atoms with Gasteiger partial charge in [0, 0.05) is 65.5 Å². The largest absolute Gasteiger partial charge is 0.482 e. The lowest BCUT2D eigenvalue weighted by molar-refractivity contribution is 0.226. The summed E-state index contributed by atoms with van der Waals surface area (Å²) in [5.41, 5.74) is 15.1. The Bertz CT molecular complexity index is 1100. The molecule has 1 heterocycles. The van der Waals surface area contributed by atoms with Gasteiger partial charge in [0.2, 0.25) is 0 Å². The number of hydrogen-bond donors (Lipinski definition) is 4. The van der Waals surface area contributed by atoms with E-state index in [1.165, 1.54) is 12.1 Å². The molecule has 7 nitrogen and oxygen atoms in total. The smallest absolute Gasteiger partial charge is 0.166 e. The monoisotopic (exact) mass is 536 g/mol. The van der Waals surface area contributed by atoms with Gasteiger partial charge in [-0.25, -0.2) is 9.37 Å². The number of rotatable bonds is 10. The van der Waals surface area contributed by atoms with Gasteiger partial charge in [-0.15, -0.1) is 0 Å². The third kappa shape index (κ3) is 7.30. The molecule has 0 saturated carbocycles. The van der Waals surface area contributed by atoms with Crippen LogP contribution in [0.3, 0.4) is 0 Å². The Kier molecular flexibility index (Phi) is 9.87. The van der Waals surface area contributed by atoms with E-state index in [1.54, 1.807) is 44.7 Å². The molecule has 0 amide bonds. The SMILES string of the molecule is CCN/C=C(/CC(C=NC)=C(N)c1ccc(F)cc1[C@@H](C)Oc1cc(Br)cnc1N)C(=N)Cl. The van der Waals surface area contributed by atoms with Crippen molar-refractivity contribution in [2.24, 2.45) is 10.7 Å². The standard InChI is InChI=1S/C23H27BrClFN6O/c1-4-31-11-15(22(25)28)7-14(10-30-3)21(27)18-6-5-17(26)9-19(18)13(2)33-20-8-16(24)12-32-23(20)29/h5-6,8-13,28,31H,4,7,27H2,1-3H3,(H2,29,32)/b15-11-,21-14?,28-22?,30-10?/t13-/m1/s1. The molecule has 0 spiro atoms. The maximum absolute atomic E-state index is 14.2. The summed E-state index contributed by atoms with van der Waals surface area (Å²) in [6.07, 6.45) is 4.49. The predicted octanol–water partition coefficient (Wildman–Crippen LogP) is 5.18. The van der Waals surface area contributed by atoms with Crippen molar-refractivity contribution in [3.05, 3.63) is 69.2 Å². The normalized spacial score (nSPS) is 13.6. The predicted molar refractivity (Wildman–Crippen MR) is 137 cm³/mol. The van der Waals surface area contributed by atoms with Crippen molar-refractivity contribution in [3.63, 3.8) is 0 Å². The average molecular weight is 538 g/mol. The summed E-state index contributed by atoms with van der Waals surface area (Å²) in [5, 5.41) is 10.8. The van der Waals surface area contributed by atoms with Crippen LogP contribution in [0.15, 0.2) is 57.3 Å². The second kappa shape index (κ2) is 12.4. The number of pyridine rings is 1. The molecule has 0 radical (unpaired) electrons. The maximum Gasteiger partial charge on any atom is 0.166 e. The van der Waals surface area contributed by atoms with Crippen LogP contribution < -0.4 is 21.5 Å². The maximum atomic E-state index is 14.2. The van der Waals surface area contributed by atoms with Crippen molar-refractivity contribution in [2.75, 3.05) is 19.3 Å². The molecule has 1 aromatic carbocycles. The molecule has 0 aliphatic carbocycles. The quantitative estimate of drug-likeness (QED) is 0.311. The van der Waals surface area contributed by atoms with Crippen molar-refractivity contribution in [1.82, 2.24) is 10.3 Å².